The van der Waals surface area contributed by atoms with Gasteiger partial charge in [-0.15, -0.1) is 0 Å². The van der Waals surface area contributed by atoms with Crippen molar-refractivity contribution in [1.29, 1.82) is 0 Å². The summed E-state index contributed by atoms with van der Waals surface area (Å²) in [6, 6.07) is 4.50. The van der Waals surface area contributed by atoms with Crippen LogP contribution in [0, 0.1) is 17.8 Å². The van der Waals surface area contributed by atoms with Crippen LogP contribution in [0.15, 0.2) is 18.2 Å². The van der Waals surface area contributed by atoms with Crippen LogP contribution < -0.4 is 0 Å². The van der Waals surface area contributed by atoms with E-state index in [-0.39, 0.29) is 16.7 Å². The molecular formula is C19H24Cl2O4. The van der Waals surface area contributed by atoms with Crippen LogP contribution in [0.4, 0.5) is 0 Å². The number of esters is 2. The van der Waals surface area contributed by atoms with Crippen molar-refractivity contribution >= 4 is 35.1 Å². The Kier molecular flexibility index (Phi) is 7.14. The number of carbonyl (C=O) groups excluding carboxylic acids is 2. The molecule has 0 spiro atoms. The molecule has 1 aromatic rings. The third-order valence-electron chi connectivity index (χ3n) is 4.71. The predicted octanol–water partition coefficient (Wildman–Crippen LogP) is 5.15. The zero-order valence-electron chi connectivity index (χ0n) is 14.8. The van der Waals surface area contributed by atoms with Crippen LogP contribution >= 0.6 is 23.2 Å². The van der Waals surface area contributed by atoms with Crippen molar-refractivity contribution in [2.24, 2.45) is 17.8 Å². The van der Waals surface area contributed by atoms with Gasteiger partial charge in [-0.05, 0) is 48.8 Å². The molecule has 0 heterocycles. The van der Waals surface area contributed by atoms with Crippen LogP contribution in [0.5, 0.6) is 0 Å². The molecule has 1 aliphatic carbocycles. The van der Waals surface area contributed by atoms with Crippen molar-refractivity contribution in [3.05, 3.63) is 33.8 Å². The van der Waals surface area contributed by atoms with E-state index in [0.29, 0.717) is 22.8 Å². The first-order valence-corrected chi connectivity index (χ1v) is 9.35. The highest BCUT2D eigenvalue weighted by Crippen LogP contribution is 2.35. The van der Waals surface area contributed by atoms with Gasteiger partial charge in [0.15, 0.2) is 6.61 Å². The number of hydrogen-bond donors (Lipinski definition) is 0. The Morgan fingerprint density at radius 1 is 1.24 bits per heavy atom. The molecule has 1 saturated carbocycles. The third kappa shape index (κ3) is 5.61. The zero-order valence-corrected chi connectivity index (χ0v) is 16.3. The van der Waals surface area contributed by atoms with Crippen molar-refractivity contribution < 1.29 is 19.1 Å². The minimum absolute atomic E-state index is 0.121. The van der Waals surface area contributed by atoms with E-state index >= 15 is 0 Å². The Labute approximate surface area is 158 Å². The summed E-state index contributed by atoms with van der Waals surface area (Å²) < 4.78 is 10.6. The molecule has 3 atom stereocenters. The molecule has 1 fully saturated rings. The minimum Gasteiger partial charge on any atom is -0.460 e. The molecule has 25 heavy (non-hydrogen) atoms. The fourth-order valence-corrected chi connectivity index (χ4v) is 3.68. The summed E-state index contributed by atoms with van der Waals surface area (Å²) in [5.74, 6) is 0.0927. The van der Waals surface area contributed by atoms with E-state index in [4.69, 9.17) is 32.7 Å². The van der Waals surface area contributed by atoms with Crippen molar-refractivity contribution in [3.8, 4) is 0 Å². The Hall–Kier alpha value is -1.26. The largest absolute Gasteiger partial charge is 0.460 e. The van der Waals surface area contributed by atoms with Gasteiger partial charge in [-0.3, -0.25) is 0 Å². The number of halogens is 2. The smallest absolute Gasteiger partial charge is 0.344 e. The molecule has 0 saturated heterocycles. The number of benzene rings is 1. The maximum atomic E-state index is 12.1. The van der Waals surface area contributed by atoms with E-state index in [1.165, 1.54) is 12.1 Å². The Bertz CT molecular complexity index is 630. The molecule has 0 bridgehead atoms. The van der Waals surface area contributed by atoms with Crippen LogP contribution in [0.25, 0.3) is 0 Å². The van der Waals surface area contributed by atoms with Gasteiger partial charge in [-0.1, -0.05) is 50.4 Å². The fourth-order valence-electron chi connectivity index (χ4n) is 3.31. The van der Waals surface area contributed by atoms with E-state index in [1.807, 2.05) is 0 Å². The van der Waals surface area contributed by atoms with Crippen LogP contribution in [-0.2, 0) is 14.3 Å². The highest BCUT2D eigenvalue weighted by molar-refractivity contribution is 6.35. The molecule has 0 aliphatic heterocycles. The Balaban J connectivity index is 1.91. The summed E-state index contributed by atoms with van der Waals surface area (Å²) in [6.45, 7) is 6.02. The summed E-state index contributed by atoms with van der Waals surface area (Å²) in [5, 5.41) is 0.596. The van der Waals surface area contributed by atoms with Gasteiger partial charge in [0.05, 0.1) is 10.6 Å². The summed E-state index contributed by atoms with van der Waals surface area (Å²) in [6.07, 6.45) is 2.93. The van der Waals surface area contributed by atoms with Crippen LogP contribution in [0.3, 0.4) is 0 Å². The van der Waals surface area contributed by atoms with Crippen molar-refractivity contribution in [1.82, 2.24) is 0 Å². The van der Waals surface area contributed by atoms with E-state index in [9.17, 15) is 9.59 Å². The first kappa shape index (κ1) is 20.1. The van der Waals surface area contributed by atoms with Gasteiger partial charge in [0.2, 0.25) is 0 Å². The number of hydrogen-bond acceptors (Lipinski definition) is 4. The Morgan fingerprint density at radius 3 is 2.64 bits per heavy atom. The molecule has 0 N–H and O–H groups in total. The van der Waals surface area contributed by atoms with Crippen molar-refractivity contribution in [2.45, 2.75) is 46.1 Å². The number of rotatable bonds is 5. The molecule has 1 aliphatic rings. The fraction of sp³-hybridized carbons (Fsp3) is 0.579. The summed E-state index contributed by atoms with van der Waals surface area (Å²) in [4.78, 5) is 24.2. The highest BCUT2D eigenvalue weighted by atomic mass is 35.5. The van der Waals surface area contributed by atoms with E-state index in [0.717, 1.165) is 19.3 Å². The van der Waals surface area contributed by atoms with Gasteiger partial charge in [-0.25, -0.2) is 9.59 Å². The van der Waals surface area contributed by atoms with Crippen LogP contribution in [-0.4, -0.2) is 24.6 Å². The molecular weight excluding hydrogens is 363 g/mol. The number of ether oxygens (including phenoxy) is 2. The normalized spacial score (nSPS) is 23.4. The van der Waals surface area contributed by atoms with Gasteiger partial charge in [0.1, 0.15) is 6.10 Å². The van der Waals surface area contributed by atoms with Gasteiger partial charge in [-0.2, -0.15) is 0 Å². The maximum Gasteiger partial charge on any atom is 0.344 e. The van der Waals surface area contributed by atoms with Crippen molar-refractivity contribution in [3.63, 3.8) is 0 Å². The molecule has 0 aromatic heterocycles. The molecule has 0 radical (unpaired) electrons. The van der Waals surface area contributed by atoms with Crippen molar-refractivity contribution in [2.75, 3.05) is 6.61 Å². The van der Waals surface area contributed by atoms with E-state index in [1.54, 1.807) is 6.07 Å². The van der Waals surface area contributed by atoms with Gasteiger partial charge >= 0.3 is 11.9 Å². The summed E-state index contributed by atoms with van der Waals surface area (Å²) >= 11 is 11.8. The lowest BCUT2D eigenvalue weighted by atomic mass is 9.75. The van der Waals surface area contributed by atoms with Gasteiger partial charge in [0, 0.05) is 5.02 Å². The molecule has 2 rings (SSSR count). The van der Waals surface area contributed by atoms with E-state index < -0.39 is 18.5 Å². The summed E-state index contributed by atoms with van der Waals surface area (Å²) in [7, 11) is 0. The monoisotopic (exact) mass is 386 g/mol. The van der Waals surface area contributed by atoms with Crippen LogP contribution in [0.2, 0.25) is 10.0 Å². The van der Waals surface area contributed by atoms with Gasteiger partial charge < -0.3 is 9.47 Å². The minimum atomic E-state index is -0.693. The second-order valence-electron chi connectivity index (χ2n) is 7.05. The molecule has 138 valence electrons. The van der Waals surface area contributed by atoms with Gasteiger partial charge in [0.25, 0.3) is 0 Å². The second-order valence-corrected chi connectivity index (χ2v) is 7.90. The number of carbonyl (C=O) groups is 2. The molecule has 1 aromatic carbocycles. The maximum absolute atomic E-state index is 12.1. The quantitative estimate of drug-likeness (QED) is 0.656. The lowest BCUT2D eigenvalue weighted by Crippen LogP contribution is -2.36. The first-order chi connectivity index (χ1) is 11.8. The summed E-state index contributed by atoms with van der Waals surface area (Å²) in [5.41, 5.74) is 0.133. The Morgan fingerprint density at radius 2 is 1.96 bits per heavy atom. The van der Waals surface area contributed by atoms with Crippen LogP contribution in [0.1, 0.15) is 50.4 Å². The lowest BCUT2D eigenvalue weighted by Gasteiger charge is -2.36. The molecule has 0 unspecified atom stereocenters. The average molecular weight is 387 g/mol. The lowest BCUT2D eigenvalue weighted by molar-refractivity contribution is -0.159. The SMILES string of the molecule is CC(C)[C@@H]1CC[C@@H](C)C[C@H]1OC(=O)COC(=O)c1cc(Cl)ccc1Cl. The molecule has 4 nitrogen and oxygen atoms in total. The zero-order chi connectivity index (χ0) is 18.6. The predicted molar refractivity (Wildman–Crippen MR) is 98.0 cm³/mol. The highest BCUT2D eigenvalue weighted by Gasteiger charge is 2.33. The molecule has 6 heteroatoms. The topological polar surface area (TPSA) is 52.6 Å². The molecule has 0 amide bonds. The average Bonchev–Trinajstić information content (AvgIpc) is 2.54. The standard InChI is InChI=1S/C19H24Cl2O4/c1-11(2)14-6-4-12(3)8-17(14)25-18(22)10-24-19(23)15-9-13(20)5-7-16(15)21/h5,7,9,11-12,14,17H,4,6,8,10H2,1-3H3/t12-,14+,17-/m1/s1. The third-order valence-corrected chi connectivity index (χ3v) is 5.28. The second kappa shape index (κ2) is 8.91. The first-order valence-electron chi connectivity index (χ1n) is 8.59. The van der Waals surface area contributed by atoms with E-state index in [2.05, 4.69) is 20.8 Å².